The van der Waals surface area contributed by atoms with E-state index in [1.807, 2.05) is 33.9 Å². The van der Waals surface area contributed by atoms with E-state index in [1.54, 1.807) is 7.11 Å². The Bertz CT molecular complexity index is 1300. The van der Waals surface area contributed by atoms with Gasteiger partial charge in [-0.3, -0.25) is 5.01 Å². The van der Waals surface area contributed by atoms with Gasteiger partial charge in [-0.2, -0.15) is 0 Å². The van der Waals surface area contributed by atoms with Gasteiger partial charge in [0.2, 0.25) is 0 Å². The Morgan fingerprint density at radius 2 is 1.85 bits per heavy atom. The SMILES string of the molecule is C=C(C)C(=C(C)C)c1cc2[nH]c3nc(C)nc(N/C(=C/C)N(NC)C(C)(C)C)c3c2cc1OC. The molecule has 0 unspecified atom stereocenters. The largest absolute Gasteiger partial charge is 0.496 e. The van der Waals surface area contributed by atoms with E-state index in [0.29, 0.717) is 5.82 Å². The van der Waals surface area contributed by atoms with Gasteiger partial charge >= 0.3 is 0 Å². The number of benzene rings is 1. The third-order valence-electron chi connectivity index (χ3n) is 5.73. The van der Waals surface area contributed by atoms with Crippen molar-refractivity contribution in [3.63, 3.8) is 0 Å². The zero-order chi connectivity index (χ0) is 25.4. The highest BCUT2D eigenvalue weighted by Crippen LogP contribution is 2.39. The number of hydrazine groups is 1. The molecule has 2 heterocycles. The maximum atomic E-state index is 5.84. The quantitative estimate of drug-likeness (QED) is 0.282. The molecule has 34 heavy (non-hydrogen) atoms. The fourth-order valence-corrected chi connectivity index (χ4v) is 4.51. The van der Waals surface area contributed by atoms with Crippen LogP contribution in [-0.4, -0.2) is 39.7 Å². The minimum absolute atomic E-state index is 0.146. The second kappa shape index (κ2) is 9.50. The summed E-state index contributed by atoms with van der Waals surface area (Å²) in [6, 6.07) is 4.19. The van der Waals surface area contributed by atoms with Crippen molar-refractivity contribution in [2.24, 2.45) is 0 Å². The number of allylic oxidation sites excluding steroid dienone is 4. The molecule has 0 bridgehead atoms. The van der Waals surface area contributed by atoms with Crippen LogP contribution in [0.2, 0.25) is 0 Å². The topological polar surface area (TPSA) is 78.1 Å². The van der Waals surface area contributed by atoms with E-state index in [2.05, 4.69) is 74.1 Å². The van der Waals surface area contributed by atoms with Crippen LogP contribution < -0.4 is 15.5 Å². The van der Waals surface area contributed by atoms with Crippen molar-refractivity contribution in [2.75, 3.05) is 19.5 Å². The molecule has 0 saturated heterocycles. The molecule has 1 aromatic carbocycles. The Balaban J connectivity index is 2.29. The molecule has 0 fully saturated rings. The summed E-state index contributed by atoms with van der Waals surface area (Å²) in [6.45, 7) is 20.8. The standard InChI is InChI=1S/C27H38N6O/c1-12-22(33(28-10)27(7,8)9)32-26-24-18-14-21(34-11)19(23(15(2)3)16(4)5)13-20(18)31-25(24)29-17(6)30-26/h12-14,28H,2H2,1,3-11H3,(H2,29,30,31,32)/b22-12-. The first-order valence-corrected chi connectivity index (χ1v) is 11.6. The number of H-pyrrole nitrogens is 1. The molecule has 2 aromatic heterocycles. The van der Waals surface area contributed by atoms with Crippen molar-refractivity contribution >= 4 is 33.3 Å². The molecule has 0 atom stereocenters. The van der Waals surface area contributed by atoms with Crippen LogP contribution in [0.1, 0.15) is 59.9 Å². The van der Waals surface area contributed by atoms with Crippen LogP contribution in [0.3, 0.4) is 0 Å². The van der Waals surface area contributed by atoms with Crippen molar-refractivity contribution < 1.29 is 4.74 Å². The summed E-state index contributed by atoms with van der Waals surface area (Å²) in [6.07, 6.45) is 2.03. The molecule has 0 saturated carbocycles. The number of anilines is 1. The summed E-state index contributed by atoms with van der Waals surface area (Å²) in [4.78, 5) is 13.0. The first-order chi connectivity index (χ1) is 15.9. The van der Waals surface area contributed by atoms with Crippen LogP contribution in [0.5, 0.6) is 5.75 Å². The summed E-state index contributed by atoms with van der Waals surface area (Å²) in [5.74, 6) is 3.12. The lowest BCUT2D eigenvalue weighted by Crippen LogP contribution is -2.49. The van der Waals surface area contributed by atoms with Crippen LogP contribution in [0.4, 0.5) is 5.82 Å². The zero-order valence-corrected chi connectivity index (χ0v) is 22.2. The molecule has 0 aliphatic heterocycles. The molecule has 3 aromatic rings. The van der Waals surface area contributed by atoms with Crippen LogP contribution in [0.25, 0.3) is 27.5 Å². The Morgan fingerprint density at radius 1 is 1.18 bits per heavy atom. The Labute approximate surface area is 203 Å². The van der Waals surface area contributed by atoms with Crippen molar-refractivity contribution in [3.05, 3.63) is 53.1 Å². The number of rotatable bonds is 7. The van der Waals surface area contributed by atoms with Crippen molar-refractivity contribution in [3.8, 4) is 5.75 Å². The smallest absolute Gasteiger partial charge is 0.145 e. The van der Waals surface area contributed by atoms with E-state index in [4.69, 9.17) is 14.7 Å². The minimum atomic E-state index is -0.146. The minimum Gasteiger partial charge on any atom is -0.496 e. The van der Waals surface area contributed by atoms with Crippen LogP contribution in [0.15, 0.2) is 41.8 Å². The molecule has 3 rings (SSSR count). The monoisotopic (exact) mass is 462 g/mol. The van der Waals surface area contributed by atoms with E-state index in [9.17, 15) is 0 Å². The number of nitrogens with one attached hydrogen (secondary N) is 3. The number of nitrogens with zero attached hydrogens (tertiary/aromatic N) is 3. The van der Waals surface area contributed by atoms with E-state index in [-0.39, 0.29) is 5.54 Å². The molecule has 3 N–H and O–H groups in total. The van der Waals surface area contributed by atoms with Gasteiger partial charge in [0.1, 0.15) is 28.9 Å². The fraction of sp³-hybridized carbons (Fsp3) is 0.407. The summed E-state index contributed by atoms with van der Waals surface area (Å²) in [5, 5.41) is 7.55. The predicted octanol–water partition coefficient (Wildman–Crippen LogP) is 6.31. The average molecular weight is 463 g/mol. The molecular weight excluding hydrogens is 424 g/mol. The van der Waals surface area contributed by atoms with Gasteiger partial charge in [0.25, 0.3) is 0 Å². The number of hydrogen-bond donors (Lipinski definition) is 3. The van der Waals surface area contributed by atoms with Crippen LogP contribution in [-0.2, 0) is 0 Å². The summed E-state index contributed by atoms with van der Waals surface area (Å²) in [5.41, 5.74) is 9.18. The second-order valence-corrected chi connectivity index (χ2v) is 9.75. The molecule has 0 spiro atoms. The molecule has 0 aliphatic carbocycles. The number of aryl methyl sites for hydroxylation is 1. The Morgan fingerprint density at radius 3 is 2.35 bits per heavy atom. The number of hydrogen-bond acceptors (Lipinski definition) is 6. The first kappa shape index (κ1) is 25.3. The summed E-state index contributed by atoms with van der Waals surface area (Å²) < 4.78 is 5.84. The molecule has 7 heteroatoms. The maximum Gasteiger partial charge on any atom is 0.145 e. The van der Waals surface area contributed by atoms with Gasteiger partial charge in [-0.15, -0.1) is 0 Å². The summed E-state index contributed by atoms with van der Waals surface area (Å²) in [7, 11) is 3.62. The van der Waals surface area contributed by atoms with Crippen molar-refractivity contribution in [2.45, 2.75) is 60.9 Å². The molecule has 0 amide bonds. The normalized spacial score (nSPS) is 12.2. The van der Waals surface area contributed by atoms with Gasteiger partial charge in [-0.05, 0) is 79.2 Å². The molecule has 182 valence electrons. The maximum absolute atomic E-state index is 5.84. The molecular formula is C27H38N6O. The van der Waals surface area contributed by atoms with E-state index in [1.165, 1.54) is 5.57 Å². The lowest BCUT2D eigenvalue weighted by atomic mass is 9.94. The van der Waals surface area contributed by atoms with Crippen LogP contribution in [0, 0.1) is 6.92 Å². The highest BCUT2D eigenvalue weighted by molar-refractivity contribution is 6.12. The Hall–Kier alpha value is -3.32. The van der Waals surface area contributed by atoms with Crippen molar-refractivity contribution in [1.29, 1.82) is 0 Å². The second-order valence-electron chi connectivity index (χ2n) is 9.75. The zero-order valence-electron chi connectivity index (χ0n) is 22.2. The van der Waals surface area contributed by atoms with Gasteiger partial charge in [-0.1, -0.05) is 17.7 Å². The number of fused-ring (bicyclic) bond motifs is 3. The molecule has 0 radical (unpaired) electrons. The average Bonchev–Trinajstić information content (AvgIpc) is 3.08. The highest BCUT2D eigenvalue weighted by atomic mass is 16.5. The molecule has 0 aliphatic rings. The van der Waals surface area contributed by atoms with Gasteiger partial charge in [-0.25, -0.2) is 15.4 Å². The first-order valence-electron chi connectivity index (χ1n) is 11.6. The third kappa shape index (κ3) is 4.66. The van der Waals surface area contributed by atoms with Crippen molar-refractivity contribution in [1.82, 2.24) is 25.4 Å². The lowest BCUT2D eigenvalue weighted by Gasteiger charge is -2.38. The fourth-order valence-electron chi connectivity index (χ4n) is 4.51. The number of aromatic amines is 1. The van der Waals surface area contributed by atoms with Gasteiger partial charge in [0, 0.05) is 29.1 Å². The summed E-state index contributed by atoms with van der Waals surface area (Å²) >= 11 is 0. The van der Waals surface area contributed by atoms with E-state index < -0.39 is 0 Å². The highest BCUT2D eigenvalue weighted by Gasteiger charge is 2.24. The van der Waals surface area contributed by atoms with Gasteiger partial charge in [0.05, 0.1) is 12.5 Å². The van der Waals surface area contributed by atoms with Crippen LogP contribution >= 0.6 is 0 Å². The number of aromatic nitrogens is 3. The third-order valence-corrected chi connectivity index (χ3v) is 5.73. The van der Waals surface area contributed by atoms with Gasteiger partial charge < -0.3 is 15.0 Å². The van der Waals surface area contributed by atoms with E-state index in [0.717, 1.165) is 56.0 Å². The number of methoxy groups -OCH3 is 1. The lowest BCUT2D eigenvalue weighted by molar-refractivity contribution is 0.134. The molecule has 7 nitrogen and oxygen atoms in total. The van der Waals surface area contributed by atoms with Gasteiger partial charge in [0.15, 0.2) is 0 Å². The van der Waals surface area contributed by atoms with E-state index >= 15 is 0 Å². The predicted molar refractivity (Wildman–Crippen MR) is 144 cm³/mol. The Kier molecular flexibility index (Phi) is 7.07. The number of ether oxygens (including phenoxy) is 1.